The average molecular weight is 199 g/mol. The van der Waals surface area contributed by atoms with Crippen LogP contribution in [0.2, 0.25) is 0 Å². The molecule has 5 heteroatoms. The number of nitro groups is 1. The molecule has 0 radical (unpaired) electrons. The zero-order valence-electron chi connectivity index (χ0n) is 8.13. The van der Waals surface area contributed by atoms with Crippen molar-refractivity contribution in [2.45, 2.75) is 13.8 Å². The molecular weight excluding hydrogens is 189 g/mol. The minimum Gasteiger partial charge on any atom is -0.496 e. The highest BCUT2D eigenvalue weighted by Gasteiger charge is 2.21. The summed E-state index contributed by atoms with van der Waals surface area (Å²) in [4.78, 5) is 10.0. The standard InChI is InChI=1S/C9H10FNO3/c1-5-7(10)4-8(14-3)6(2)9(5)11(12)13/h4H,1-3H3. The van der Waals surface area contributed by atoms with Gasteiger partial charge in [0.05, 0.1) is 23.2 Å². The second-order valence-corrected chi connectivity index (χ2v) is 2.92. The molecule has 0 heterocycles. The lowest BCUT2D eigenvalue weighted by Crippen LogP contribution is -2.00. The summed E-state index contributed by atoms with van der Waals surface area (Å²) in [5.74, 6) is -0.432. The normalized spacial score (nSPS) is 10.0. The lowest BCUT2D eigenvalue weighted by Gasteiger charge is -2.07. The number of hydrogen-bond acceptors (Lipinski definition) is 3. The van der Waals surface area contributed by atoms with E-state index in [2.05, 4.69) is 0 Å². The Balaban J connectivity index is 3.53. The van der Waals surface area contributed by atoms with Gasteiger partial charge in [-0.25, -0.2) is 4.39 Å². The van der Waals surface area contributed by atoms with Crippen LogP contribution in [0, 0.1) is 29.8 Å². The second kappa shape index (κ2) is 3.61. The molecule has 0 unspecified atom stereocenters. The van der Waals surface area contributed by atoms with Crippen molar-refractivity contribution in [3.63, 3.8) is 0 Å². The highest BCUT2D eigenvalue weighted by molar-refractivity contribution is 5.54. The summed E-state index contributed by atoms with van der Waals surface area (Å²) in [6.07, 6.45) is 0. The maximum absolute atomic E-state index is 13.2. The molecule has 0 saturated carbocycles. The molecule has 0 bridgehead atoms. The van der Waals surface area contributed by atoms with E-state index in [1.807, 2.05) is 0 Å². The van der Waals surface area contributed by atoms with Crippen molar-refractivity contribution >= 4 is 5.69 Å². The van der Waals surface area contributed by atoms with E-state index in [0.29, 0.717) is 5.56 Å². The van der Waals surface area contributed by atoms with E-state index in [1.165, 1.54) is 21.0 Å². The van der Waals surface area contributed by atoms with E-state index in [1.54, 1.807) is 0 Å². The highest BCUT2D eigenvalue weighted by Crippen LogP contribution is 2.32. The molecule has 0 aromatic heterocycles. The van der Waals surface area contributed by atoms with E-state index in [9.17, 15) is 14.5 Å². The number of methoxy groups -OCH3 is 1. The van der Waals surface area contributed by atoms with Crippen LogP contribution in [0.4, 0.5) is 10.1 Å². The Morgan fingerprint density at radius 3 is 2.43 bits per heavy atom. The van der Waals surface area contributed by atoms with E-state index in [0.717, 1.165) is 6.07 Å². The topological polar surface area (TPSA) is 52.4 Å². The Labute approximate surface area is 80.5 Å². The maximum Gasteiger partial charge on any atom is 0.281 e. The predicted octanol–water partition coefficient (Wildman–Crippen LogP) is 2.36. The van der Waals surface area contributed by atoms with Gasteiger partial charge >= 0.3 is 0 Å². The van der Waals surface area contributed by atoms with Crippen LogP contribution in [0.3, 0.4) is 0 Å². The molecule has 0 aliphatic rings. The van der Waals surface area contributed by atoms with Gasteiger partial charge in [-0.15, -0.1) is 0 Å². The van der Waals surface area contributed by atoms with Crippen LogP contribution < -0.4 is 4.74 Å². The Morgan fingerprint density at radius 2 is 2.00 bits per heavy atom. The molecule has 14 heavy (non-hydrogen) atoms. The van der Waals surface area contributed by atoms with Crippen LogP contribution in [-0.4, -0.2) is 12.0 Å². The van der Waals surface area contributed by atoms with Crippen molar-refractivity contribution in [1.29, 1.82) is 0 Å². The zero-order chi connectivity index (χ0) is 10.9. The summed E-state index contributed by atoms with van der Waals surface area (Å²) in [6.45, 7) is 2.91. The third-order valence-corrected chi connectivity index (χ3v) is 2.10. The van der Waals surface area contributed by atoms with Crippen molar-refractivity contribution in [2.24, 2.45) is 0 Å². The van der Waals surface area contributed by atoms with Crippen LogP contribution in [0.1, 0.15) is 11.1 Å². The lowest BCUT2D eigenvalue weighted by atomic mass is 10.1. The van der Waals surface area contributed by atoms with Gasteiger partial charge in [-0.2, -0.15) is 0 Å². The summed E-state index contributed by atoms with van der Waals surface area (Å²) >= 11 is 0. The van der Waals surface area contributed by atoms with Crippen LogP contribution in [0.5, 0.6) is 5.75 Å². The number of nitro benzene ring substituents is 1. The average Bonchev–Trinajstić information content (AvgIpc) is 2.11. The molecule has 0 fully saturated rings. The molecule has 4 nitrogen and oxygen atoms in total. The largest absolute Gasteiger partial charge is 0.496 e. The molecule has 1 aromatic rings. The van der Waals surface area contributed by atoms with E-state index < -0.39 is 10.7 Å². The van der Waals surface area contributed by atoms with Gasteiger partial charge in [0, 0.05) is 6.07 Å². The SMILES string of the molecule is COc1cc(F)c(C)c([N+](=O)[O-])c1C. The minimum absolute atomic E-state index is 0.0355. The van der Waals surface area contributed by atoms with E-state index >= 15 is 0 Å². The van der Waals surface area contributed by atoms with Gasteiger partial charge in [0.25, 0.3) is 5.69 Å². The van der Waals surface area contributed by atoms with Crippen LogP contribution >= 0.6 is 0 Å². The summed E-state index contributed by atoms with van der Waals surface area (Å²) in [7, 11) is 1.35. The fraction of sp³-hybridized carbons (Fsp3) is 0.333. The quantitative estimate of drug-likeness (QED) is 0.542. The first-order valence-electron chi connectivity index (χ1n) is 3.97. The molecule has 0 saturated heterocycles. The summed E-state index contributed by atoms with van der Waals surface area (Å²) in [5, 5.41) is 10.6. The first-order chi connectivity index (χ1) is 6.49. The second-order valence-electron chi connectivity index (χ2n) is 2.92. The minimum atomic E-state index is -0.626. The molecule has 0 N–H and O–H groups in total. The fourth-order valence-electron chi connectivity index (χ4n) is 1.33. The van der Waals surface area contributed by atoms with Gasteiger partial charge in [-0.3, -0.25) is 10.1 Å². The Kier molecular flexibility index (Phi) is 2.69. The molecule has 0 aliphatic carbocycles. The van der Waals surface area contributed by atoms with E-state index in [4.69, 9.17) is 4.74 Å². The number of rotatable bonds is 2. The lowest BCUT2D eigenvalue weighted by molar-refractivity contribution is -0.386. The molecule has 0 spiro atoms. The summed E-state index contributed by atoms with van der Waals surface area (Å²) in [6, 6.07) is 1.15. The monoisotopic (exact) mass is 199 g/mol. The molecule has 0 aliphatic heterocycles. The number of benzene rings is 1. The maximum atomic E-state index is 13.2. The van der Waals surface area contributed by atoms with Crippen molar-refractivity contribution in [3.05, 3.63) is 33.1 Å². The highest BCUT2D eigenvalue weighted by atomic mass is 19.1. The van der Waals surface area contributed by atoms with Crippen molar-refractivity contribution < 1.29 is 14.1 Å². The van der Waals surface area contributed by atoms with Crippen LogP contribution in [-0.2, 0) is 0 Å². The van der Waals surface area contributed by atoms with Gasteiger partial charge < -0.3 is 4.74 Å². The summed E-state index contributed by atoms with van der Waals surface area (Å²) < 4.78 is 18.0. The fourth-order valence-corrected chi connectivity index (χ4v) is 1.33. The van der Waals surface area contributed by atoms with Crippen LogP contribution in [0.25, 0.3) is 0 Å². The van der Waals surface area contributed by atoms with Gasteiger partial charge in [0.15, 0.2) is 0 Å². The van der Waals surface area contributed by atoms with Crippen molar-refractivity contribution in [1.82, 2.24) is 0 Å². The van der Waals surface area contributed by atoms with E-state index in [-0.39, 0.29) is 17.0 Å². The third-order valence-electron chi connectivity index (χ3n) is 2.10. The number of nitrogens with zero attached hydrogens (tertiary/aromatic N) is 1. The van der Waals surface area contributed by atoms with Gasteiger partial charge in [0.2, 0.25) is 0 Å². The first kappa shape index (κ1) is 10.4. The molecule has 1 aromatic carbocycles. The number of ether oxygens (including phenoxy) is 1. The third kappa shape index (κ3) is 1.53. The van der Waals surface area contributed by atoms with Gasteiger partial charge in [-0.1, -0.05) is 0 Å². The molecule has 1 rings (SSSR count). The Hall–Kier alpha value is -1.65. The Morgan fingerprint density at radius 1 is 1.43 bits per heavy atom. The molecular formula is C9H10FNO3. The predicted molar refractivity (Wildman–Crippen MR) is 49.1 cm³/mol. The van der Waals surface area contributed by atoms with Crippen molar-refractivity contribution in [3.8, 4) is 5.75 Å². The van der Waals surface area contributed by atoms with Crippen molar-refractivity contribution in [2.75, 3.05) is 7.11 Å². The number of hydrogen-bond donors (Lipinski definition) is 0. The molecule has 0 amide bonds. The van der Waals surface area contributed by atoms with Crippen LogP contribution in [0.15, 0.2) is 6.07 Å². The van der Waals surface area contributed by atoms with Gasteiger partial charge in [-0.05, 0) is 13.8 Å². The van der Waals surface area contributed by atoms with Gasteiger partial charge in [0.1, 0.15) is 11.6 Å². The smallest absolute Gasteiger partial charge is 0.281 e. The number of halogens is 1. The summed E-state index contributed by atoms with van der Waals surface area (Å²) in [5.41, 5.74) is 0.159. The zero-order valence-corrected chi connectivity index (χ0v) is 8.13. The molecule has 0 atom stereocenters. The molecule has 76 valence electrons. The Bertz CT molecular complexity index is 390. The first-order valence-corrected chi connectivity index (χ1v) is 3.97.